The van der Waals surface area contributed by atoms with E-state index in [1.165, 1.54) is 12.1 Å². The van der Waals surface area contributed by atoms with Gasteiger partial charge < -0.3 is 24.8 Å². The van der Waals surface area contributed by atoms with Crippen LogP contribution in [0.2, 0.25) is 0 Å². The van der Waals surface area contributed by atoms with Crippen LogP contribution in [0.4, 0.5) is 0 Å². The fourth-order valence-corrected chi connectivity index (χ4v) is 6.85. The van der Waals surface area contributed by atoms with Gasteiger partial charge in [-0.05, 0) is 93.2 Å². The van der Waals surface area contributed by atoms with Gasteiger partial charge in [0.1, 0.15) is 28.5 Å². The maximum Gasteiger partial charge on any atom is 0.223 e. The first-order valence-corrected chi connectivity index (χ1v) is 13.6. The summed E-state index contributed by atoms with van der Waals surface area (Å²) in [6, 6.07) is 6.33. The number of aromatic hydroxyl groups is 2. The third-order valence-corrected chi connectivity index (χ3v) is 9.34. The number of ether oxygens (including phenoxy) is 2. The number of hydrogen-bond acceptors (Lipinski definition) is 6. The van der Waals surface area contributed by atoms with Crippen molar-refractivity contribution in [2.45, 2.75) is 91.0 Å². The summed E-state index contributed by atoms with van der Waals surface area (Å²) < 4.78 is 13.3. The third-order valence-electron chi connectivity index (χ3n) is 9.34. The van der Waals surface area contributed by atoms with Crippen molar-refractivity contribution in [3.8, 4) is 23.0 Å². The molecule has 0 spiro atoms. The van der Waals surface area contributed by atoms with Crippen molar-refractivity contribution in [2.75, 3.05) is 0 Å². The van der Waals surface area contributed by atoms with E-state index in [1.807, 2.05) is 20.8 Å². The summed E-state index contributed by atoms with van der Waals surface area (Å²) in [4.78, 5) is 12.5. The Hall–Kier alpha value is -2.99. The van der Waals surface area contributed by atoms with Crippen LogP contribution in [0.25, 0.3) is 0 Å². The van der Waals surface area contributed by atoms with Gasteiger partial charge in [0, 0.05) is 30.4 Å². The molecule has 38 heavy (non-hydrogen) atoms. The zero-order valence-corrected chi connectivity index (χ0v) is 23.3. The van der Waals surface area contributed by atoms with E-state index in [2.05, 4.69) is 32.9 Å². The first-order valence-electron chi connectivity index (χ1n) is 13.6. The second-order valence-corrected chi connectivity index (χ2v) is 12.9. The summed E-state index contributed by atoms with van der Waals surface area (Å²) in [6.07, 6.45) is 6.90. The number of aliphatic hydroxyl groups excluding tert-OH is 1. The van der Waals surface area contributed by atoms with Gasteiger partial charge in [0.15, 0.2) is 5.75 Å². The molecule has 0 aromatic heterocycles. The molecule has 2 heterocycles. The Kier molecular flexibility index (Phi) is 6.33. The molecule has 0 saturated carbocycles. The molecule has 0 fully saturated rings. The average Bonchev–Trinajstić information content (AvgIpc) is 2.90. The first kappa shape index (κ1) is 26.6. The van der Waals surface area contributed by atoms with Gasteiger partial charge in [0.2, 0.25) is 5.43 Å². The number of phenolic OH excluding ortho intramolecular Hbond substituents is 1. The van der Waals surface area contributed by atoms with E-state index in [-0.39, 0.29) is 28.7 Å². The van der Waals surface area contributed by atoms with E-state index >= 15 is 0 Å². The van der Waals surface area contributed by atoms with Gasteiger partial charge in [-0.2, -0.15) is 0 Å². The molecule has 1 aliphatic carbocycles. The highest BCUT2D eigenvalue weighted by molar-refractivity contribution is 5.48. The summed E-state index contributed by atoms with van der Waals surface area (Å²) in [5.41, 5.74) is 1.54. The van der Waals surface area contributed by atoms with Crippen LogP contribution < -0.4 is 14.9 Å². The molecule has 6 heteroatoms. The monoisotopic (exact) mass is 520 g/mol. The lowest BCUT2D eigenvalue weighted by molar-refractivity contribution is -0.117. The van der Waals surface area contributed by atoms with Crippen LogP contribution in [0.5, 0.6) is 23.0 Å². The summed E-state index contributed by atoms with van der Waals surface area (Å²) >= 11 is 0. The van der Waals surface area contributed by atoms with Gasteiger partial charge >= 0.3 is 0 Å². The summed E-state index contributed by atoms with van der Waals surface area (Å²) in [5.74, 6) is 1.00. The fourth-order valence-electron chi connectivity index (χ4n) is 6.85. The van der Waals surface area contributed by atoms with Crippen LogP contribution in [0, 0.1) is 31.1 Å². The summed E-state index contributed by atoms with van der Waals surface area (Å²) in [5, 5.41) is 32.4. The van der Waals surface area contributed by atoms with Gasteiger partial charge in [-0.3, -0.25) is 4.79 Å². The molecule has 2 aromatic rings. The molecular formula is C32H40O6. The Morgan fingerprint density at radius 2 is 1.50 bits per heavy atom. The van der Waals surface area contributed by atoms with Gasteiger partial charge in [-0.1, -0.05) is 26.0 Å². The van der Waals surface area contributed by atoms with Crippen molar-refractivity contribution in [2.24, 2.45) is 17.3 Å². The van der Waals surface area contributed by atoms with Crippen molar-refractivity contribution >= 4 is 0 Å². The third kappa shape index (κ3) is 4.57. The Morgan fingerprint density at radius 3 is 2.21 bits per heavy atom. The number of fused-ring (bicyclic) bond motifs is 4. The van der Waals surface area contributed by atoms with Crippen LogP contribution in [-0.2, 0) is 12.8 Å². The van der Waals surface area contributed by atoms with E-state index in [0.29, 0.717) is 30.8 Å². The minimum atomic E-state index is -0.948. The van der Waals surface area contributed by atoms with E-state index in [1.54, 1.807) is 12.1 Å². The molecule has 2 aliphatic heterocycles. The number of rotatable bonds is 0. The molecule has 0 unspecified atom stereocenters. The van der Waals surface area contributed by atoms with E-state index in [0.717, 1.165) is 35.1 Å². The normalized spacial score (nSPS) is 32.7. The molecule has 0 saturated heterocycles. The van der Waals surface area contributed by atoms with Crippen LogP contribution in [0.15, 0.2) is 41.2 Å². The molecule has 3 aliphatic rings. The second-order valence-electron chi connectivity index (χ2n) is 12.9. The van der Waals surface area contributed by atoms with Crippen molar-refractivity contribution in [1.82, 2.24) is 0 Å². The highest BCUT2D eigenvalue weighted by Crippen LogP contribution is 2.50. The number of allylic oxidation sites excluding steroid dienone is 1. The predicted octanol–water partition coefficient (Wildman–Crippen LogP) is 5.52. The van der Waals surface area contributed by atoms with E-state index in [9.17, 15) is 20.1 Å². The molecule has 204 valence electrons. The Morgan fingerprint density at radius 1 is 0.868 bits per heavy atom. The Labute approximate surface area is 224 Å². The van der Waals surface area contributed by atoms with E-state index in [4.69, 9.17) is 9.47 Å². The molecule has 0 amide bonds. The maximum absolute atomic E-state index is 12.5. The van der Waals surface area contributed by atoms with Gasteiger partial charge in [-0.25, -0.2) is 0 Å². The number of phenols is 1. The molecule has 6 nitrogen and oxygen atoms in total. The molecule has 3 N–H and O–H groups in total. The van der Waals surface area contributed by atoms with Crippen LogP contribution >= 0.6 is 0 Å². The number of aliphatic hydroxyl groups is 1. The highest BCUT2D eigenvalue weighted by atomic mass is 16.5. The quantitative estimate of drug-likeness (QED) is 0.396. The van der Waals surface area contributed by atoms with E-state index < -0.39 is 22.7 Å². The van der Waals surface area contributed by atoms with Crippen molar-refractivity contribution in [3.05, 3.63) is 68.9 Å². The molecule has 5 rings (SSSR count). The van der Waals surface area contributed by atoms with Crippen molar-refractivity contribution in [1.29, 1.82) is 0 Å². The summed E-state index contributed by atoms with van der Waals surface area (Å²) in [7, 11) is 0. The minimum Gasteiger partial charge on any atom is -0.508 e. The maximum atomic E-state index is 12.5. The lowest BCUT2D eigenvalue weighted by Crippen LogP contribution is -2.57. The first-order chi connectivity index (χ1) is 17.7. The molecule has 0 bridgehead atoms. The summed E-state index contributed by atoms with van der Waals surface area (Å²) in [6.45, 7) is 12.3. The van der Waals surface area contributed by atoms with Crippen molar-refractivity contribution in [3.63, 3.8) is 0 Å². The number of aryl methyl sites for hydroxylation is 2. The van der Waals surface area contributed by atoms with Gasteiger partial charge in [-0.15, -0.1) is 0 Å². The highest BCUT2D eigenvalue weighted by Gasteiger charge is 2.51. The molecular weight excluding hydrogens is 480 g/mol. The minimum absolute atomic E-state index is 0.00527. The lowest BCUT2D eigenvalue weighted by Gasteiger charge is -2.49. The smallest absolute Gasteiger partial charge is 0.223 e. The fraction of sp³-hybridized carbons (Fsp3) is 0.531. The number of hydrogen-bond donors (Lipinski definition) is 3. The van der Waals surface area contributed by atoms with Gasteiger partial charge in [0.05, 0.1) is 6.10 Å². The van der Waals surface area contributed by atoms with Crippen LogP contribution in [0.1, 0.15) is 69.2 Å². The number of benzene rings is 1. The van der Waals surface area contributed by atoms with Crippen molar-refractivity contribution < 1.29 is 24.8 Å². The standard InChI is InChI=1S/C32H40O6/c1-18-10-22(33)15-27-23(18)12-20-14-29(36)32(6)21(17-30(3,4)8-7-9-31(20,5)37-27)13-24-19(2)11-25(34)26(35)16-28(24)38-32/h7-8,10-11,15-16,20-21,29,33,36H,9,12-14,17H2,1-6H3,(H,34,35)/b8-7-/t20-,21-,29-,31-,32-/m1/s1. The zero-order valence-electron chi connectivity index (χ0n) is 23.3. The van der Waals surface area contributed by atoms with Crippen LogP contribution in [0.3, 0.4) is 0 Å². The zero-order chi connectivity index (χ0) is 27.6. The largest absolute Gasteiger partial charge is 0.508 e. The lowest BCUT2D eigenvalue weighted by atomic mass is 9.67. The predicted molar refractivity (Wildman–Crippen MR) is 147 cm³/mol. The van der Waals surface area contributed by atoms with Crippen LogP contribution in [-0.4, -0.2) is 32.6 Å². The molecule has 5 atom stereocenters. The Bertz CT molecular complexity index is 1360. The Balaban J connectivity index is 1.61. The molecule has 2 aromatic carbocycles. The topological polar surface area (TPSA) is 96.2 Å². The molecule has 0 radical (unpaired) electrons. The second kappa shape index (κ2) is 9.04. The SMILES string of the molecule is Cc1cc(O)c(=O)cc2c1C[C@@H]1CC(C)(C)/C=C\C[C@@]3(C)Oc4cc(O)cc(C)c4C[C@@H]3C[C@@H](O)[C@]1(C)O2. The average molecular weight is 521 g/mol. The van der Waals surface area contributed by atoms with Gasteiger partial charge in [0.25, 0.3) is 0 Å².